The zero-order valence-corrected chi connectivity index (χ0v) is 7.77. The van der Waals surface area contributed by atoms with Gasteiger partial charge in [-0.15, -0.1) is 0 Å². The Balaban J connectivity index is 2.56. The van der Waals surface area contributed by atoms with E-state index in [-0.39, 0.29) is 18.2 Å². The maximum atomic E-state index is 11.5. The lowest BCUT2D eigenvalue weighted by Gasteiger charge is -2.03. The van der Waals surface area contributed by atoms with Gasteiger partial charge >= 0.3 is 0 Å². The van der Waals surface area contributed by atoms with Crippen LogP contribution < -0.4 is 11.5 Å². The van der Waals surface area contributed by atoms with E-state index in [2.05, 4.69) is 4.98 Å². The maximum absolute atomic E-state index is 11.5. The van der Waals surface area contributed by atoms with Gasteiger partial charge in [0.25, 0.3) is 0 Å². The molecule has 0 bridgehead atoms. The minimum Gasteiger partial charge on any atom is -0.383 e. The van der Waals surface area contributed by atoms with Crippen LogP contribution in [0.3, 0.4) is 0 Å². The highest BCUT2D eigenvalue weighted by molar-refractivity contribution is 6.00. The van der Waals surface area contributed by atoms with E-state index in [9.17, 15) is 4.79 Å². The molecule has 1 rings (SSSR count). The first-order chi connectivity index (χ1) is 6.75. The second-order valence-electron chi connectivity index (χ2n) is 2.70. The normalized spacial score (nSPS) is 10.1. The Morgan fingerprint density at radius 1 is 1.57 bits per heavy atom. The van der Waals surface area contributed by atoms with Gasteiger partial charge in [0.1, 0.15) is 12.4 Å². The van der Waals surface area contributed by atoms with Gasteiger partial charge in [-0.1, -0.05) is 0 Å². The highest BCUT2D eigenvalue weighted by Crippen LogP contribution is 2.07. The zero-order chi connectivity index (χ0) is 10.4. The Morgan fingerprint density at radius 2 is 2.36 bits per heavy atom. The van der Waals surface area contributed by atoms with E-state index >= 15 is 0 Å². The van der Waals surface area contributed by atoms with Crippen molar-refractivity contribution < 1.29 is 9.53 Å². The number of hydrogen-bond acceptors (Lipinski definition) is 5. The van der Waals surface area contributed by atoms with Crippen LogP contribution in [0.25, 0.3) is 0 Å². The number of aromatic nitrogens is 1. The van der Waals surface area contributed by atoms with E-state index in [1.807, 2.05) is 0 Å². The number of carbonyl (C=O) groups excluding carboxylic acids is 1. The Bertz CT molecular complexity index is 315. The van der Waals surface area contributed by atoms with E-state index in [4.69, 9.17) is 16.2 Å². The molecule has 0 saturated heterocycles. The van der Waals surface area contributed by atoms with Gasteiger partial charge in [-0.2, -0.15) is 0 Å². The topological polar surface area (TPSA) is 91.2 Å². The van der Waals surface area contributed by atoms with Gasteiger partial charge in [-0.3, -0.25) is 4.79 Å². The lowest BCUT2D eigenvalue weighted by atomic mass is 10.2. The highest BCUT2D eigenvalue weighted by atomic mass is 16.5. The number of pyridine rings is 1. The van der Waals surface area contributed by atoms with Crippen molar-refractivity contribution in [3.05, 3.63) is 23.9 Å². The van der Waals surface area contributed by atoms with E-state index in [0.29, 0.717) is 18.7 Å². The molecule has 1 heterocycles. The quantitative estimate of drug-likeness (QED) is 0.502. The van der Waals surface area contributed by atoms with Gasteiger partial charge in [0.15, 0.2) is 5.78 Å². The summed E-state index contributed by atoms with van der Waals surface area (Å²) in [5.74, 6) is 0.0536. The number of ether oxygens (including phenoxy) is 1. The summed E-state index contributed by atoms with van der Waals surface area (Å²) >= 11 is 0. The molecule has 5 nitrogen and oxygen atoms in total. The van der Waals surface area contributed by atoms with Gasteiger partial charge in [0.2, 0.25) is 0 Å². The molecule has 4 N–H and O–H groups in total. The third-order valence-electron chi connectivity index (χ3n) is 1.63. The fourth-order valence-corrected chi connectivity index (χ4v) is 0.979. The summed E-state index contributed by atoms with van der Waals surface area (Å²) in [5, 5.41) is 0. The smallest absolute Gasteiger partial charge is 0.192 e. The van der Waals surface area contributed by atoms with Crippen molar-refractivity contribution in [1.29, 1.82) is 0 Å². The highest BCUT2D eigenvalue weighted by Gasteiger charge is 2.09. The van der Waals surface area contributed by atoms with Crippen molar-refractivity contribution in [2.45, 2.75) is 0 Å². The summed E-state index contributed by atoms with van der Waals surface area (Å²) in [6.45, 7) is 0.759. The summed E-state index contributed by atoms with van der Waals surface area (Å²) < 4.78 is 5.00. The number of anilines is 1. The Morgan fingerprint density at radius 3 is 3.00 bits per heavy atom. The number of carbonyl (C=O) groups is 1. The molecule has 0 amide bonds. The number of hydrogen-bond donors (Lipinski definition) is 2. The molecule has 0 aliphatic carbocycles. The molecule has 0 atom stereocenters. The van der Waals surface area contributed by atoms with Gasteiger partial charge in [0, 0.05) is 12.7 Å². The second-order valence-corrected chi connectivity index (χ2v) is 2.70. The van der Waals surface area contributed by atoms with E-state index in [0.717, 1.165) is 0 Å². The number of nitrogens with zero attached hydrogens (tertiary/aromatic N) is 1. The summed E-state index contributed by atoms with van der Waals surface area (Å²) in [6.07, 6.45) is 1.53. The van der Waals surface area contributed by atoms with Crippen molar-refractivity contribution in [3.63, 3.8) is 0 Å². The molecule has 1 aromatic heterocycles. The van der Waals surface area contributed by atoms with Crippen LogP contribution in [0.2, 0.25) is 0 Å². The van der Waals surface area contributed by atoms with Gasteiger partial charge < -0.3 is 16.2 Å². The van der Waals surface area contributed by atoms with Crippen molar-refractivity contribution >= 4 is 11.6 Å². The fourth-order valence-electron chi connectivity index (χ4n) is 0.979. The van der Waals surface area contributed by atoms with Crippen LogP contribution in [-0.2, 0) is 4.74 Å². The predicted molar refractivity (Wildman–Crippen MR) is 52.9 cm³/mol. The Hall–Kier alpha value is -1.46. The van der Waals surface area contributed by atoms with Crippen molar-refractivity contribution in [2.24, 2.45) is 5.73 Å². The largest absolute Gasteiger partial charge is 0.383 e. The molecular weight excluding hydrogens is 182 g/mol. The third kappa shape index (κ3) is 2.79. The van der Waals surface area contributed by atoms with E-state index < -0.39 is 0 Å². The molecule has 0 aromatic carbocycles. The molecule has 0 fully saturated rings. The zero-order valence-electron chi connectivity index (χ0n) is 7.77. The number of nitrogen functional groups attached to an aromatic ring is 1. The van der Waals surface area contributed by atoms with Crippen molar-refractivity contribution in [2.75, 3.05) is 25.5 Å². The minimum absolute atomic E-state index is 0.00685. The molecule has 0 unspecified atom stereocenters. The molecule has 1 aromatic rings. The number of nitrogens with two attached hydrogens (primary N) is 2. The van der Waals surface area contributed by atoms with Crippen molar-refractivity contribution in [1.82, 2.24) is 4.98 Å². The van der Waals surface area contributed by atoms with Gasteiger partial charge in [-0.25, -0.2) is 4.98 Å². The van der Waals surface area contributed by atoms with E-state index in [1.54, 1.807) is 12.1 Å². The Kier molecular flexibility index (Phi) is 4.03. The molecule has 0 aliphatic rings. The average molecular weight is 195 g/mol. The van der Waals surface area contributed by atoms with Gasteiger partial charge in [0.05, 0.1) is 12.2 Å². The summed E-state index contributed by atoms with van der Waals surface area (Å²) in [4.78, 5) is 15.3. The van der Waals surface area contributed by atoms with Crippen LogP contribution in [0.5, 0.6) is 0 Å². The van der Waals surface area contributed by atoms with Crippen LogP contribution in [0.1, 0.15) is 10.4 Å². The first kappa shape index (κ1) is 10.6. The van der Waals surface area contributed by atoms with Crippen LogP contribution in [0.4, 0.5) is 5.82 Å². The maximum Gasteiger partial charge on any atom is 0.192 e. The predicted octanol–water partition coefficient (Wildman–Crippen LogP) is -0.178. The number of ketones is 1. The molecule has 5 heteroatoms. The molecule has 14 heavy (non-hydrogen) atoms. The molecule has 76 valence electrons. The van der Waals surface area contributed by atoms with Crippen LogP contribution in [0.15, 0.2) is 18.3 Å². The molecule has 0 saturated carbocycles. The molecule has 0 aliphatic heterocycles. The second kappa shape index (κ2) is 5.31. The fraction of sp³-hybridized carbons (Fsp3) is 0.333. The summed E-state index contributed by atoms with van der Waals surface area (Å²) in [7, 11) is 0. The standard InChI is InChI=1S/C9H13N3O2/c10-3-5-14-6-8(13)7-2-1-4-12-9(7)11/h1-2,4H,3,5-6,10H2,(H2,11,12). The van der Waals surface area contributed by atoms with Crippen LogP contribution in [0, 0.1) is 0 Å². The third-order valence-corrected chi connectivity index (χ3v) is 1.63. The molecular formula is C9H13N3O2. The van der Waals surface area contributed by atoms with Gasteiger partial charge in [-0.05, 0) is 12.1 Å². The number of Topliss-reactive ketones (excluding diaryl/α,β-unsaturated/α-hetero) is 1. The lowest BCUT2D eigenvalue weighted by molar-refractivity contribution is 0.0775. The number of rotatable bonds is 5. The van der Waals surface area contributed by atoms with Crippen LogP contribution in [-0.4, -0.2) is 30.5 Å². The first-order valence-electron chi connectivity index (χ1n) is 4.27. The van der Waals surface area contributed by atoms with Crippen LogP contribution >= 0.6 is 0 Å². The first-order valence-corrected chi connectivity index (χ1v) is 4.27. The van der Waals surface area contributed by atoms with Crippen molar-refractivity contribution in [3.8, 4) is 0 Å². The Labute approximate surface area is 82.1 Å². The monoisotopic (exact) mass is 195 g/mol. The van der Waals surface area contributed by atoms with E-state index in [1.165, 1.54) is 6.20 Å². The average Bonchev–Trinajstić information content (AvgIpc) is 2.18. The molecule has 0 radical (unpaired) electrons. The summed E-state index contributed by atoms with van der Waals surface area (Å²) in [6, 6.07) is 3.28. The minimum atomic E-state index is -0.177. The lowest BCUT2D eigenvalue weighted by Crippen LogP contribution is -2.16. The molecule has 0 spiro atoms. The summed E-state index contributed by atoms with van der Waals surface area (Å²) in [5.41, 5.74) is 11.1. The SMILES string of the molecule is NCCOCC(=O)c1cccnc1N.